The highest BCUT2D eigenvalue weighted by Gasteiger charge is 2.59. The van der Waals surface area contributed by atoms with Gasteiger partial charge in [0.05, 0.1) is 11.2 Å². The van der Waals surface area contributed by atoms with Gasteiger partial charge in [0, 0.05) is 17.5 Å². The first-order valence-corrected chi connectivity index (χ1v) is 7.48. The van der Waals surface area contributed by atoms with Crippen molar-refractivity contribution in [2.75, 3.05) is 6.54 Å². The van der Waals surface area contributed by atoms with Gasteiger partial charge >= 0.3 is 0 Å². The van der Waals surface area contributed by atoms with Gasteiger partial charge in [0.2, 0.25) is 0 Å². The van der Waals surface area contributed by atoms with E-state index in [4.69, 9.17) is 9.72 Å². The van der Waals surface area contributed by atoms with Crippen LogP contribution < -0.4 is 5.32 Å². The van der Waals surface area contributed by atoms with E-state index in [0.717, 1.165) is 23.7 Å². The number of hydrogen-bond acceptors (Lipinski definition) is 4. The minimum atomic E-state index is -0.253. The highest BCUT2D eigenvalue weighted by Crippen LogP contribution is 2.51. The summed E-state index contributed by atoms with van der Waals surface area (Å²) < 4.78 is 6.27. The summed E-state index contributed by atoms with van der Waals surface area (Å²) in [4.78, 5) is 4.72. The van der Waals surface area contributed by atoms with E-state index in [9.17, 15) is 0 Å². The minimum absolute atomic E-state index is 0.120. The Hall–Kier alpha value is -0.450. The van der Waals surface area contributed by atoms with Crippen molar-refractivity contribution in [3.05, 3.63) is 16.1 Å². The van der Waals surface area contributed by atoms with Crippen molar-refractivity contribution in [3.8, 4) is 0 Å². The van der Waals surface area contributed by atoms with Crippen LogP contribution in [0.25, 0.3) is 0 Å². The Bertz CT molecular complexity index is 439. The molecule has 1 aliphatic heterocycles. The molecule has 0 aliphatic carbocycles. The first-order valence-electron chi connectivity index (χ1n) is 6.60. The Kier molecular flexibility index (Phi) is 3.33. The molecule has 3 nitrogen and oxygen atoms in total. The molecule has 1 unspecified atom stereocenters. The Labute approximate surface area is 114 Å². The lowest BCUT2D eigenvalue weighted by molar-refractivity contribution is -0.0842. The third-order valence-electron chi connectivity index (χ3n) is 3.71. The van der Waals surface area contributed by atoms with Gasteiger partial charge in [0.15, 0.2) is 0 Å². The van der Waals surface area contributed by atoms with Crippen LogP contribution in [0, 0.1) is 6.92 Å². The molecule has 102 valence electrons. The molecule has 0 radical (unpaired) electrons. The van der Waals surface area contributed by atoms with Gasteiger partial charge in [-0.15, -0.1) is 11.3 Å². The molecule has 1 aliphatic rings. The Morgan fingerprint density at radius 3 is 2.44 bits per heavy atom. The van der Waals surface area contributed by atoms with Crippen molar-refractivity contribution in [2.24, 2.45) is 0 Å². The van der Waals surface area contributed by atoms with E-state index in [1.165, 1.54) is 0 Å². The Morgan fingerprint density at radius 2 is 2.06 bits per heavy atom. The van der Waals surface area contributed by atoms with E-state index in [1.54, 1.807) is 11.3 Å². The molecule has 1 fully saturated rings. The molecule has 4 heteroatoms. The molecule has 0 bridgehead atoms. The quantitative estimate of drug-likeness (QED) is 0.914. The van der Waals surface area contributed by atoms with Crippen LogP contribution in [0.1, 0.15) is 51.7 Å². The number of hydrogen-bond donors (Lipinski definition) is 1. The molecule has 0 aromatic carbocycles. The highest BCUT2D eigenvalue weighted by atomic mass is 32.1. The molecule has 18 heavy (non-hydrogen) atoms. The summed E-state index contributed by atoms with van der Waals surface area (Å²) in [5.74, 6) is 0. The van der Waals surface area contributed by atoms with Gasteiger partial charge in [-0.1, -0.05) is 6.92 Å². The maximum atomic E-state index is 6.27. The Morgan fingerprint density at radius 1 is 1.39 bits per heavy atom. The maximum Gasteiger partial charge on any atom is 0.116 e. The fraction of sp³-hybridized carbons (Fsp3) is 0.786. The highest BCUT2D eigenvalue weighted by molar-refractivity contribution is 7.09. The fourth-order valence-electron chi connectivity index (χ4n) is 3.20. The van der Waals surface area contributed by atoms with E-state index in [1.807, 2.05) is 6.92 Å². The lowest BCUT2D eigenvalue weighted by atomic mass is 9.79. The van der Waals surface area contributed by atoms with Crippen molar-refractivity contribution < 1.29 is 4.74 Å². The van der Waals surface area contributed by atoms with Crippen LogP contribution in [0.3, 0.4) is 0 Å². The number of ether oxygens (including phenoxy) is 1. The van der Waals surface area contributed by atoms with Crippen molar-refractivity contribution >= 4 is 11.3 Å². The van der Waals surface area contributed by atoms with Gasteiger partial charge in [0.25, 0.3) is 0 Å². The second-order valence-electron chi connectivity index (χ2n) is 6.28. The molecule has 2 rings (SSSR count). The Balaban J connectivity index is 2.50. The van der Waals surface area contributed by atoms with Gasteiger partial charge in [-0.05, 0) is 41.2 Å². The second kappa shape index (κ2) is 4.29. The molecule has 1 aromatic rings. The van der Waals surface area contributed by atoms with Crippen LogP contribution in [0.15, 0.2) is 5.38 Å². The molecule has 1 atom stereocenters. The summed E-state index contributed by atoms with van der Waals surface area (Å²) in [5.41, 5.74) is 0.541. The zero-order chi connectivity index (χ0) is 13.6. The predicted octanol–water partition coefficient (Wildman–Crippen LogP) is 3.23. The number of thiazole rings is 1. The number of nitrogens with one attached hydrogen (secondary N) is 1. The normalized spacial score (nSPS) is 29.7. The van der Waals surface area contributed by atoms with Crippen molar-refractivity contribution in [1.29, 1.82) is 0 Å². The molecule has 1 N–H and O–H groups in total. The van der Waals surface area contributed by atoms with Gasteiger partial charge in [-0.3, -0.25) is 0 Å². The molecule has 0 saturated carbocycles. The maximum absolute atomic E-state index is 6.27. The van der Waals surface area contributed by atoms with Gasteiger partial charge in [-0.2, -0.15) is 0 Å². The summed E-state index contributed by atoms with van der Waals surface area (Å²) in [5, 5.41) is 6.93. The summed E-state index contributed by atoms with van der Waals surface area (Å²) >= 11 is 1.74. The summed E-state index contributed by atoms with van der Waals surface area (Å²) in [6.07, 6.45) is 0.952. The third-order valence-corrected chi connectivity index (χ3v) is 4.83. The summed E-state index contributed by atoms with van der Waals surface area (Å²) in [7, 11) is 0. The first-order chi connectivity index (χ1) is 8.22. The first kappa shape index (κ1) is 14.0. The number of nitrogens with zero attached hydrogens (tertiary/aromatic N) is 1. The number of likely N-dealkylation sites (N-methyl/N-ethyl adjacent to an activating group) is 1. The van der Waals surface area contributed by atoms with E-state index in [-0.39, 0.29) is 16.7 Å². The molecule has 2 heterocycles. The molecule has 1 saturated heterocycles. The topological polar surface area (TPSA) is 34.2 Å². The number of aromatic nitrogens is 1. The fourth-order valence-corrected chi connectivity index (χ4v) is 4.32. The van der Waals surface area contributed by atoms with Crippen LogP contribution >= 0.6 is 11.3 Å². The summed E-state index contributed by atoms with van der Waals surface area (Å²) in [6.45, 7) is 13.8. The molecule has 0 spiro atoms. The molecule has 0 amide bonds. The third kappa shape index (κ3) is 2.10. The SMILES string of the molecule is CCNC1(c2nc(C)cs2)CC(C)(C)OC1(C)C. The van der Waals surface area contributed by atoms with Crippen LogP contribution in [0.5, 0.6) is 0 Å². The minimum Gasteiger partial charge on any atom is -0.367 e. The average molecular weight is 268 g/mol. The predicted molar refractivity (Wildman–Crippen MR) is 76.1 cm³/mol. The molecule has 1 aromatic heterocycles. The van der Waals surface area contributed by atoms with E-state index < -0.39 is 0 Å². The van der Waals surface area contributed by atoms with Crippen LogP contribution in [0.2, 0.25) is 0 Å². The average Bonchev–Trinajstić information content (AvgIpc) is 2.68. The van der Waals surface area contributed by atoms with Gasteiger partial charge in [-0.25, -0.2) is 4.98 Å². The largest absolute Gasteiger partial charge is 0.367 e. The molecular formula is C14H24N2OS. The second-order valence-corrected chi connectivity index (χ2v) is 7.14. The zero-order valence-corrected chi connectivity index (χ0v) is 13.1. The van der Waals surface area contributed by atoms with E-state index in [2.05, 4.69) is 45.3 Å². The number of rotatable bonds is 3. The smallest absolute Gasteiger partial charge is 0.116 e. The van der Waals surface area contributed by atoms with E-state index in [0.29, 0.717) is 0 Å². The lowest BCUT2D eigenvalue weighted by Gasteiger charge is -2.39. The monoisotopic (exact) mass is 268 g/mol. The van der Waals surface area contributed by atoms with Crippen LogP contribution in [-0.4, -0.2) is 22.7 Å². The number of aryl methyl sites for hydroxylation is 1. The van der Waals surface area contributed by atoms with Gasteiger partial charge in [0.1, 0.15) is 10.5 Å². The van der Waals surface area contributed by atoms with Crippen molar-refractivity contribution in [3.63, 3.8) is 0 Å². The summed E-state index contributed by atoms with van der Waals surface area (Å²) in [6, 6.07) is 0. The standard InChI is InChI=1S/C14H24N2OS/c1-7-15-14(11-16-10(2)8-18-11)9-12(3,4)17-13(14,5)6/h8,15H,7,9H2,1-6H3. The van der Waals surface area contributed by atoms with E-state index >= 15 is 0 Å². The zero-order valence-electron chi connectivity index (χ0n) is 12.3. The van der Waals surface area contributed by atoms with Crippen molar-refractivity contribution in [1.82, 2.24) is 10.3 Å². The molecular weight excluding hydrogens is 244 g/mol. The van der Waals surface area contributed by atoms with Gasteiger partial charge < -0.3 is 10.1 Å². The van der Waals surface area contributed by atoms with Crippen LogP contribution in [0.4, 0.5) is 0 Å². The van der Waals surface area contributed by atoms with Crippen LogP contribution in [-0.2, 0) is 10.3 Å². The van der Waals surface area contributed by atoms with Crippen molar-refractivity contribution in [2.45, 2.75) is 64.7 Å². The lowest BCUT2D eigenvalue weighted by Crippen LogP contribution is -2.54.